The first kappa shape index (κ1) is 12.8. The molecule has 3 nitrogen and oxygen atoms in total. The summed E-state index contributed by atoms with van der Waals surface area (Å²) in [4.78, 5) is 0. The Morgan fingerprint density at radius 3 is 2.65 bits per heavy atom. The molecule has 2 aromatic rings. The Kier molecular flexibility index (Phi) is 3.70. The second-order valence-corrected chi connectivity index (χ2v) is 5.77. The zero-order valence-electron chi connectivity index (χ0n) is 10.1. The largest absolute Gasteiger partial charge is 0.388 e. The normalized spacial score (nSPS) is 13.0. The molecule has 2 aromatic heterocycles. The van der Waals surface area contributed by atoms with Crippen molar-refractivity contribution in [2.24, 2.45) is 7.05 Å². The fourth-order valence-electron chi connectivity index (χ4n) is 1.95. The van der Waals surface area contributed by atoms with Crippen molar-refractivity contribution in [3.05, 3.63) is 37.7 Å². The summed E-state index contributed by atoms with van der Waals surface area (Å²) in [6.07, 6.45) is 0.137. The van der Waals surface area contributed by atoms with Crippen molar-refractivity contribution in [2.75, 3.05) is 0 Å². The molecule has 0 aliphatic heterocycles. The minimum atomic E-state index is -0.475. The number of aromatic nitrogens is 2. The number of aryl methyl sites for hydroxylation is 2. The van der Waals surface area contributed by atoms with Gasteiger partial charge in [0.1, 0.15) is 0 Å². The SMILES string of the molecule is Cc1nn(C)c(C)c1CC(O)c1cscc1Br. The Labute approximate surface area is 113 Å². The first-order chi connectivity index (χ1) is 8.00. The number of nitrogens with zero attached hydrogens (tertiary/aromatic N) is 2. The second kappa shape index (κ2) is 4.92. The molecule has 1 unspecified atom stereocenters. The van der Waals surface area contributed by atoms with Crippen LogP contribution in [-0.2, 0) is 13.5 Å². The first-order valence-electron chi connectivity index (χ1n) is 5.39. The van der Waals surface area contributed by atoms with Gasteiger partial charge >= 0.3 is 0 Å². The Balaban J connectivity index is 2.24. The molecule has 0 amide bonds. The van der Waals surface area contributed by atoms with Gasteiger partial charge < -0.3 is 5.11 Å². The third kappa shape index (κ3) is 2.46. The van der Waals surface area contributed by atoms with Gasteiger partial charge in [0, 0.05) is 34.6 Å². The average molecular weight is 315 g/mol. The molecule has 0 aliphatic rings. The lowest BCUT2D eigenvalue weighted by Gasteiger charge is -2.10. The highest BCUT2D eigenvalue weighted by atomic mass is 79.9. The molecular weight excluding hydrogens is 300 g/mol. The highest BCUT2D eigenvalue weighted by molar-refractivity contribution is 9.10. The Morgan fingerprint density at radius 2 is 2.18 bits per heavy atom. The predicted molar refractivity (Wildman–Crippen MR) is 73.4 cm³/mol. The van der Waals surface area contributed by atoms with E-state index in [0.717, 1.165) is 27.0 Å². The van der Waals surface area contributed by atoms with Crippen molar-refractivity contribution in [3.8, 4) is 0 Å². The molecule has 0 bridgehead atoms. The highest BCUT2D eigenvalue weighted by Gasteiger charge is 2.17. The number of thiophene rings is 1. The van der Waals surface area contributed by atoms with Crippen LogP contribution in [0.5, 0.6) is 0 Å². The number of rotatable bonds is 3. The lowest BCUT2D eigenvalue weighted by atomic mass is 10.0. The maximum atomic E-state index is 10.2. The van der Waals surface area contributed by atoms with Gasteiger partial charge in [-0.15, -0.1) is 0 Å². The van der Waals surface area contributed by atoms with Gasteiger partial charge in [0.25, 0.3) is 0 Å². The lowest BCUT2D eigenvalue weighted by Crippen LogP contribution is -2.03. The molecule has 1 atom stereocenters. The maximum Gasteiger partial charge on any atom is 0.0850 e. The minimum Gasteiger partial charge on any atom is -0.388 e. The van der Waals surface area contributed by atoms with Crippen LogP contribution < -0.4 is 0 Å². The van der Waals surface area contributed by atoms with E-state index < -0.39 is 6.10 Å². The number of hydrogen-bond acceptors (Lipinski definition) is 3. The lowest BCUT2D eigenvalue weighted by molar-refractivity contribution is 0.178. The van der Waals surface area contributed by atoms with Crippen LogP contribution in [0.2, 0.25) is 0 Å². The molecule has 0 saturated carbocycles. The van der Waals surface area contributed by atoms with Crippen LogP contribution in [0.15, 0.2) is 15.2 Å². The van der Waals surface area contributed by atoms with E-state index in [-0.39, 0.29) is 0 Å². The summed E-state index contributed by atoms with van der Waals surface area (Å²) in [6, 6.07) is 0. The summed E-state index contributed by atoms with van der Waals surface area (Å²) in [5.74, 6) is 0. The second-order valence-electron chi connectivity index (χ2n) is 4.17. The van der Waals surface area contributed by atoms with Crippen LogP contribution in [-0.4, -0.2) is 14.9 Å². The van der Waals surface area contributed by atoms with Gasteiger partial charge in [-0.05, 0) is 40.7 Å². The van der Waals surface area contributed by atoms with Gasteiger partial charge in [-0.1, -0.05) is 0 Å². The third-order valence-electron chi connectivity index (χ3n) is 3.06. The summed E-state index contributed by atoms with van der Waals surface area (Å²) in [7, 11) is 1.93. The van der Waals surface area contributed by atoms with Crippen molar-refractivity contribution in [3.63, 3.8) is 0 Å². The summed E-state index contributed by atoms with van der Waals surface area (Å²) in [5, 5.41) is 18.6. The molecular formula is C12H15BrN2OS. The third-order valence-corrected chi connectivity index (χ3v) is 4.81. The molecule has 2 rings (SSSR count). The van der Waals surface area contributed by atoms with E-state index in [1.54, 1.807) is 11.3 Å². The number of aliphatic hydroxyl groups excluding tert-OH is 1. The summed E-state index contributed by atoms with van der Waals surface area (Å²) in [6.45, 7) is 4.02. The molecule has 5 heteroatoms. The van der Waals surface area contributed by atoms with E-state index in [4.69, 9.17) is 0 Å². The van der Waals surface area contributed by atoms with E-state index >= 15 is 0 Å². The van der Waals surface area contributed by atoms with Gasteiger partial charge in [-0.3, -0.25) is 4.68 Å². The van der Waals surface area contributed by atoms with Gasteiger partial charge in [-0.2, -0.15) is 16.4 Å². The number of aliphatic hydroxyl groups is 1. The van der Waals surface area contributed by atoms with Gasteiger partial charge in [0.2, 0.25) is 0 Å². The van der Waals surface area contributed by atoms with Crippen molar-refractivity contribution in [2.45, 2.75) is 26.4 Å². The van der Waals surface area contributed by atoms with E-state index in [2.05, 4.69) is 21.0 Å². The predicted octanol–water partition coefficient (Wildman–Crippen LogP) is 3.14. The van der Waals surface area contributed by atoms with Crippen LogP contribution in [0.4, 0.5) is 0 Å². The average Bonchev–Trinajstić information content (AvgIpc) is 2.78. The van der Waals surface area contributed by atoms with Crippen LogP contribution in [0.25, 0.3) is 0 Å². The van der Waals surface area contributed by atoms with E-state index in [0.29, 0.717) is 6.42 Å². The van der Waals surface area contributed by atoms with Gasteiger partial charge in [0.15, 0.2) is 0 Å². The molecule has 0 aromatic carbocycles. The standard InChI is InChI=1S/C12H15BrN2OS/c1-7-9(8(2)15(3)14-7)4-12(16)10-5-17-6-11(10)13/h5-6,12,16H,4H2,1-3H3. The Hall–Kier alpha value is -0.650. The zero-order valence-corrected chi connectivity index (χ0v) is 12.5. The highest BCUT2D eigenvalue weighted by Crippen LogP contribution is 2.30. The van der Waals surface area contributed by atoms with Crippen LogP contribution in [0, 0.1) is 13.8 Å². The first-order valence-corrected chi connectivity index (χ1v) is 7.13. The summed E-state index contributed by atoms with van der Waals surface area (Å²) < 4.78 is 2.84. The van der Waals surface area contributed by atoms with Crippen molar-refractivity contribution < 1.29 is 5.11 Å². The molecule has 0 fully saturated rings. The Morgan fingerprint density at radius 1 is 1.47 bits per heavy atom. The smallest absolute Gasteiger partial charge is 0.0850 e. The van der Waals surface area contributed by atoms with E-state index in [9.17, 15) is 5.11 Å². The molecule has 1 N–H and O–H groups in total. The molecule has 92 valence electrons. The quantitative estimate of drug-likeness (QED) is 0.945. The fourth-order valence-corrected chi connectivity index (χ4v) is 3.55. The van der Waals surface area contributed by atoms with Crippen LogP contribution in [0.1, 0.15) is 28.6 Å². The number of halogens is 1. The summed E-state index contributed by atoms with van der Waals surface area (Å²) >= 11 is 5.04. The van der Waals surface area contributed by atoms with Crippen LogP contribution in [0.3, 0.4) is 0 Å². The fraction of sp³-hybridized carbons (Fsp3) is 0.417. The summed E-state index contributed by atoms with van der Waals surface area (Å²) in [5.41, 5.74) is 4.21. The monoisotopic (exact) mass is 314 g/mol. The molecule has 0 radical (unpaired) electrons. The van der Waals surface area contributed by atoms with Crippen molar-refractivity contribution >= 4 is 27.3 Å². The van der Waals surface area contributed by atoms with Gasteiger partial charge in [0.05, 0.1) is 11.8 Å². The topological polar surface area (TPSA) is 38.0 Å². The number of hydrogen-bond donors (Lipinski definition) is 1. The van der Waals surface area contributed by atoms with E-state index in [1.807, 2.05) is 36.3 Å². The Bertz CT molecular complexity index is 533. The zero-order chi connectivity index (χ0) is 12.6. The molecule has 0 saturated heterocycles. The molecule has 17 heavy (non-hydrogen) atoms. The molecule has 0 spiro atoms. The maximum absolute atomic E-state index is 10.2. The van der Waals surface area contributed by atoms with Gasteiger partial charge in [-0.25, -0.2) is 0 Å². The molecule has 0 aliphatic carbocycles. The van der Waals surface area contributed by atoms with Crippen molar-refractivity contribution in [1.82, 2.24) is 9.78 Å². The van der Waals surface area contributed by atoms with Crippen molar-refractivity contribution in [1.29, 1.82) is 0 Å². The minimum absolute atomic E-state index is 0.475. The van der Waals surface area contributed by atoms with E-state index in [1.165, 1.54) is 0 Å². The molecule has 2 heterocycles. The van der Waals surface area contributed by atoms with Crippen LogP contribution >= 0.6 is 27.3 Å².